The topological polar surface area (TPSA) is 92.6 Å². The molecule has 4 rings (SSSR count). The number of anilines is 2. The Hall–Kier alpha value is -2.36. The van der Waals surface area contributed by atoms with Crippen molar-refractivity contribution in [2.45, 2.75) is 44.2 Å². The molecule has 0 unspecified atom stereocenters. The molecule has 1 aliphatic carbocycles. The highest BCUT2D eigenvalue weighted by atomic mass is 35.5. The Morgan fingerprint density at radius 1 is 1.06 bits per heavy atom. The van der Waals surface area contributed by atoms with E-state index in [9.17, 15) is 9.59 Å². The van der Waals surface area contributed by atoms with Gasteiger partial charge in [0.15, 0.2) is 0 Å². The number of nitrogens with two attached hydrogens (primary N) is 1. The molecule has 0 amide bonds. The van der Waals surface area contributed by atoms with Crippen LogP contribution in [0.3, 0.4) is 0 Å². The number of hydrazine groups is 1. The normalized spacial score (nSPS) is 22.6. The monoisotopic (exact) mass is 461 g/mol. The van der Waals surface area contributed by atoms with Crippen molar-refractivity contribution in [3.8, 4) is 0 Å². The summed E-state index contributed by atoms with van der Waals surface area (Å²) in [6.45, 7) is 4.13. The minimum absolute atomic E-state index is 0.0406. The number of hydrogen-bond donors (Lipinski definition) is 1. The van der Waals surface area contributed by atoms with Crippen LogP contribution < -0.4 is 27.0 Å². The molecule has 2 heterocycles. The predicted molar refractivity (Wildman–Crippen MR) is 127 cm³/mol. The molecule has 2 N–H and O–H groups in total. The molecule has 10 heteroatoms. The van der Waals surface area contributed by atoms with E-state index < -0.39 is 11.2 Å². The lowest BCUT2D eigenvalue weighted by molar-refractivity contribution is 0.157. The van der Waals surface area contributed by atoms with Crippen molar-refractivity contribution >= 4 is 23.1 Å². The summed E-state index contributed by atoms with van der Waals surface area (Å²) in [6.07, 6.45) is 4.96. The van der Waals surface area contributed by atoms with Crippen LogP contribution in [0.15, 0.2) is 33.9 Å². The zero-order valence-electron chi connectivity index (χ0n) is 18.8. The van der Waals surface area contributed by atoms with Crippen LogP contribution in [0.25, 0.3) is 0 Å². The molecular formula is C22H32ClN7O2. The Morgan fingerprint density at radius 3 is 2.53 bits per heavy atom. The van der Waals surface area contributed by atoms with E-state index in [4.69, 9.17) is 17.4 Å². The van der Waals surface area contributed by atoms with E-state index in [0.29, 0.717) is 6.04 Å². The zero-order chi connectivity index (χ0) is 22.8. The van der Waals surface area contributed by atoms with Crippen molar-refractivity contribution in [1.29, 1.82) is 0 Å². The Bertz CT molecular complexity index is 1060. The van der Waals surface area contributed by atoms with Crippen LogP contribution in [-0.4, -0.2) is 57.5 Å². The van der Waals surface area contributed by atoms with Gasteiger partial charge in [0.25, 0.3) is 0 Å². The highest BCUT2D eigenvalue weighted by molar-refractivity contribution is 6.30. The summed E-state index contributed by atoms with van der Waals surface area (Å²) in [7, 11) is 2.98. The largest absolute Gasteiger partial charge is 0.370 e. The van der Waals surface area contributed by atoms with Crippen LogP contribution in [0.2, 0.25) is 5.02 Å². The summed E-state index contributed by atoms with van der Waals surface area (Å²) in [5.74, 6) is 6.44. The van der Waals surface area contributed by atoms with E-state index in [2.05, 4.69) is 21.0 Å². The number of hydrogen-bond acceptors (Lipinski definition) is 7. The molecule has 9 nitrogen and oxygen atoms in total. The molecular weight excluding hydrogens is 430 g/mol. The van der Waals surface area contributed by atoms with Gasteiger partial charge in [-0.25, -0.2) is 15.3 Å². The van der Waals surface area contributed by atoms with E-state index in [1.165, 1.54) is 24.8 Å². The molecule has 1 aliphatic heterocycles. The third-order valence-electron chi connectivity index (χ3n) is 6.83. The van der Waals surface area contributed by atoms with Gasteiger partial charge in [-0.05, 0) is 50.3 Å². The standard InChI is InChI=1S/C22H32ClN7O2/c1-26-21(31)20(25-27(2)22(26)32)30(24)18-9-7-17(8-10-18)28-11-4-12-29(14-13-28)19-6-3-5-16(23)15-19/h3,5-6,15,17-18H,4,7-14,24H2,1-2H3. The fourth-order valence-corrected chi connectivity index (χ4v) is 5.14. The number of aromatic nitrogens is 3. The lowest BCUT2D eigenvalue weighted by Crippen LogP contribution is -2.52. The van der Waals surface area contributed by atoms with Crippen molar-refractivity contribution in [2.24, 2.45) is 19.9 Å². The number of halogens is 1. The summed E-state index contributed by atoms with van der Waals surface area (Å²) in [6, 6.07) is 8.64. The van der Waals surface area contributed by atoms with Crippen LogP contribution in [0.5, 0.6) is 0 Å². The van der Waals surface area contributed by atoms with Crippen molar-refractivity contribution < 1.29 is 0 Å². The smallest absolute Gasteiger partial charge is 0.346 e. The minimum atomic E-state index is -0.455. The molecule has 0 bridgehead atoms. The number of rotatable bonds is 4. The second-order valence-electron chi connectivity index (χ2n) is 8.82. The molecule has 1 saturated carbocycles. The van der Waals surface area contributed by atoms with Crippen LogP contribution in [0.1, 0.15) is 32.1 Å². The van der Waals surface area contributed by atoms with E-state index in [0.717, 1.165) is 72.6 Å². The fourth-order valence-electron chi connectivity index (χ4n) is 4.95. The molecule has 174 valence electrons. The van der Waals surface area contributed by atoms with Crippen molar-refractivity contribution in [3.63, 3.8) is 0 Å². The second kappa shape index (κ2) is 9.64. The van der Waals surface area contributed by atoms with Crippen molar-refractivity contribution in [2.75, 3.05) is 36.1 Å². The Balaban J connectivity index is 1.36. The van der Waals surface area contributed by atoms with E-state index >= 15 is 0 Å². The van der Waals surface area contributed by atoms with E-state index in [-0.39, 0.29) is 11.9 Å². The van der Waals surface area contributed by atoms with Gasteiger partial charge >= 0.3 is 11.2 Å². The van der Waals surface area contributed by atoms with Gasteiger partial charge in [0.1, 0.15) is 0 Å². The number of benzene rings is 1. The molecule has 2 aromatic rings. The highest BCUT2D eigenvalue weighted by Crippen LogP contribution is 2.28. The predicted octanol–water partition coefficient (Wildman–Crippen LogP) is 1.34. The van der Waals surface area contributed by atoms with E-state index in [1.807, 2.05) is 18.2 Å². The average Bonchev–Trinajstić information content (AvgIpc) is 3.06. The quantitative estimate of drug-likeness (QED) is 0.542. The van der Waals surface area contributed by atoms with Gasteiger partial charge in [-0.3, -0.25) is 19.3 Å². The Labute approximate surface area is 192 Å². The molecule has 0 atom stereocenters. The molecule has 0 spiro atoms. The maximum Gasteiger partial charge on any atom is 0.346 e. The van der Waals surface area contributed by atoms with Gasteiger partial charge < -0.3 is 4.90 Å². The van der Waals surface area contributed by atoms with Crippen molar-refractivity contribution in [3.05, 3.63) is 50.1 Å². The molecule has 1 aromatic carbocycles. The third-order valence-corrected chi connectivity index (χ3v) is 7.06. The number of nitrogens with zero attached hydrogens (tertiary/aromatic N) is 6. The molecule has 1 aromatic heterocycles. The molecule has 2 fully saturated rings. The van der Waals surface area contributed by atoms with Gasteiger partial charge in [-0.1, -0.05) is 17.7 Å². The van der Waals surface area contributed by atoms with Gasteiger partial charge in [0.2, 0.25) is 5.82 Å². The molecule has 0 radical (unpaired) electrons. The van der Waals surface area contributed by atoms with Gasteiger partial charge in [0.05, 0.1) is 0 Å². The summed E-state index contributed by atoms with van der Waals surface area (Å²) in [4.78, 5) is 29.4. The first-order chi connectivity index (χ1) is 15.3. The lowest BCUT2D eigenvalue weighted by Gasteiger charge is -2.39. The van der Waals surface area contributed by atoms with Gasteiger partial charge in [-0.2, -0.15) is 0 Å². The molecule has 1 saturated heterocycles. The van der Waals surface area contributed by atoms with Crippen LogP contribution in [0.4, 0.5) is 11.5 Å². The minimum Gasteiger partial charge on any atom is -0.370 e. The first-order valence-electron chi connectivity index (χ1n) is 11.3. The van der Waals surface area contributed by atoms with Gasteiger partial charge in [-0.15, -0.1) is 5.10 Å². The van der Waals surface area contributed by atoms with Crippen LogP contribution in [0, 0.1) is 0 Å². The van der Waals surface area contributed by atoms with Gasteiger partial charge in [0, 0.05) is 63.1 Å². The third kappa shape index (κ3) is 4.69. The first-order valence-corrected chi connectivity index (χ1v) is 11.7. The summed E-state index contributed by atoms with van der Waals surface area (Å²) in [5.41, 5.74) is 0.281. The Kier molecular flexibility index (Phi) is 6.88. The maximum absolute atomic E-state index is 12.5. The lowest BCUT2D eigenvalue weighted by atomic mass is 9.89. The summed E-state index contributed by atoms with van der Waals surface area (Å²) >= 11 is 6.18. The Morgan fingerprint density at radius 2 is 1.81 bits per heavy atom. The maximum atomic E-state index is 12.5. The highest BCUT2D eigenvalue weighted by Gasteiger charge is 2.31. The zero-order valence-corrected chi connectivity index (χ0v) is 19.5. The number of aryl methyl sites for hydroxylation is 1. The second-order valence-corrected chi connectivity index (χ2v) is 9.26. The summed E-state index contributed by atoms with van der Waals surface area (Å²) < 4.78 is 2.21. The molecule has 2 aliphatic rings. The molecule has 32 heavy (non-hydrogen) atoms. The van der Waals surface area contributed by atoms with Crippen LogP contribution >= 0.6 is 11.6 Å². The van der Waals surface area contributed by atoms with E-state index in [1.54, 1.807) is 0 Å². The van der Waals surface area contributed by atoms with Crippen LogP contribution in [-0.2, 0) is 14.1 Å². The SMILES string of the molecule is Cn1nc(N(N)C2CCC(N3CCCN(c4cccc(Cl)c4)CC3)CC2)c(=O)n(C)c1=O. The fraction of sp³-hybridized carbons (Fsp3) is 0.591. The average molecular weight is 462 g/mol. The van der Waals surface area contributed by atoms with Crippen molar-refractivity contribution in [1.82, 2.24) is 19.2 Å². The first kappa shape index (κ1) is 22.8. The summed E-state index contributed by atoms with van der Waals surface area (Å²) in [5, 5.41) is 6.37.